The van der Waals surface area contributed by atoms with Gasteiger partial charge in [-0.1, -0.05) is 83.9 Å². The summed E-state index contributed by atoms with van der Waals surface area (Å²) in [6.07, 6.45) is 4.68. The van der Waals surface area contributed by atoms with Crippen LogP contribution in [-0.4, -0.2) is 73.0 Å². The molecule has 0 aromatic heterocycles. The summed E-state index contributed by atoms with van der Waals surface area (Å²) in [5.41, 5.74) is 14.8. The number of hydrazone groups is 2. The summed E-state index contributed by atoms with van der Waals surface area (Å²) in [6.45, 7) is 6.88. The first-order valence-corrected chi connectivity index (χ1v) is 22.2. The smallest absolute Gasteiger partial charge is 0.273 e. The van der Waals surface area contributed by atoms with E-state index < -0.39 is 11.8 Å². The lowest BCUT2D eigenvalue weighted by Gasteiger charge is -2.21. The molecule has 336 valence electrons. The van der Waals surface area contributed by atoms with Gasteiger partial charge in [0.1, 0.15) is 0 Å². The van der Waals surface area contributed by atoms with Crippen molar-refractivity contribution in [2.24, 2.45) is 10.2 Å². The third kappa shape index (κ3) is 12.6. The van der Waals surface area contributed by atoms with E-state index in [0.29, 0.717) is 52.1 Å². The number of nitrogens with zero attached hydrogens (tertiary/aromatic N) is 4. The van der Waals surface area contributed by atoms with Gasteiger partial charge in [-0.2, -0.15) is 10.2 Å². The predicted octanol–water partition coefficient (Wildman–Crippen LogP) is 9.50. The summed E-state index contributed by atoms with van der Waals surface area (Å²) >= 11 is 12.6. The Balaban J connectivity index is 1.12. The van der Waals surface area contributed by atoms with Crippen molar-refractivity contribution >= 4 is 70.6 Å². The van der Waals surface area contributed by atoms with E-state index in [-0.39, 0.29) is 22.9 Å². The van der Waals surface area contributed by atoms with Gasteiger partial charge in [0.15, 0.2) is 0 Å². The van der Waals surface area contributed by atoms with Crippen molar-refractivity contribution in [2.45, 2.75) is 39.8 Å². The summed E-state index contributed by atoms with van der Waals surface area (Å²) in [5, 5.41) is 14.9. The number of amides is 4. The van der Waals surface area contributed by atoms with Crippen LogP contribution in [0, 0.1) is 13.8 Å². The molecular formula is C52H50Cl2N8O4. The Morgan fingerprint density at radius 2 is 0.955 bits per heavy atom. The Bertz CT molecular complexity index is 2670. The molecule has 3 aliphatic heterocycles. The topological polar surface area (TPSA) is 148 Å². The molecule has 66 heavy (non-hydrogen) atoms. The van der Waals surface area contributed by atoms with Crippen LogP contribution in [0.15, 0.2) is 132 Å². The lowest BCUT2D eigenvalue weighted by atomic mass is 9.95. The second-order valence-corrected chi connectivity index (χ2v) is 17.3. The Labute approximate surface area is 394 Å². The molecule has 12 nitrogen and oxygen atoms in total. The molecule has 0 spiro atoms. The normalized spacial score (nSPS) is 15.1. The van der Waals surface area contributed by atoms with E-state index in [1.54, 1.807) is 48.8 Å². The first-order valence-electron chi connectivity index (χ1n) is 21.4. The zero-order chi connectivity index (χ0) is 46.7. The number of anilines is 2. The maximum Gasteiger partial charge on any atom is 0.273 e. The standard InChI is InChI=1S/C52H50Cl2N8O4/c1-33-22-35-12-14-39(33)26-40-15-13-36(23-34(40)2)30-56-60-52(66)46-28-44(54)17-19-48(46)58-50(64)42-11-6-9-38(25-42)32-62(4)21-7-20-61(3)31-37-8-5-10-41(24-37)49(63)57-47-18-16-43(53)27-45(47)51(65)59-55-29-35/h5-6,8-19,22-25,27-30H,7,20-21,26,31-32H2,1-4H3,(H,57,63)(H,58,64)(H,59,65)(H,60,66). The zero-order valence-electron chi connectivity index (χ0n) is 37.1. The van der Waals surface area contributed by atoms with Crippen molar-refractivity contribution in [1.82, 2.24) is 20.7 Å². The van der Waals surface area contributed by atoms with Crippen LogP contribution in [-0.2, 0) is 19.5 Å². The van der Waals surface area contributed by atoms with E-state index in [9.17, 15) is 19.2 Å². The molecule has 4 amide bonds. The molecule has 0 radical (unpaired) electrons. The summed E-state index contributed by atoms with van der Waals surface area (Å²) in [4.78, 5) is 58.3. The molecule has 0 atom stereocenters. The van der Waals surface area contributed by atoms with Crippen molar-refractivity contribution in [3.8, 4) is 0 Å². The maximum atomic E-state index is 13.6. The highest BCUT2D eigenvalue weighted by atomic mass is 35.5. The fourth-order valence-corrected chi connectivity index (χ4v) is 8.03. The third-order valence-electron chi connectivity index (χ3n) is 11.2. The van der Waals surface area contributed by atoms with Crippen LogP contribution >= 0.6 is 23.2 Å². The Morgan fingerprint density at radius 3 is 1.38 bits per heavy atom. The molecule has 0 aliphatic carbocycles. The van der Waals surface area contributed by atoms with Crippen LogP contribution in [0.25, 0.3) is 0 Å². The highest BCUT2D eigenvalue weighted by Crippen LogP contribution is 2.25. The van der Waals surface area contributed by atoms with Gasteiger partial charge in [-0.3, -0.25) is 19.2 Å². The number of halogens is 2. The van der Waals surface area contributed by atoms with Crippen molar-refractivity contribution in [3.05, 3.63) is 198 Å². The van der Waals surface area contributed by atoms with E-state index >= 15 is 0 Å². The molecule has 8 bridgehead atoms. The SMILES string of the molecule is Cc1cc2ccc1Cc1ccc(cc1C)C=NNC(=O)c1cc(Cl)ccc1NC(=O)c1cccc(c1)CN(C)CCCN(C)Cc1cccc(c1)C(=O)Nc1ccc(Cl)cc1C(=O)NN=C2. The maximum absolute atomic E-state index is 13.6. The van der Waals surface area contributed by atoms with Gasteiger partial charge in [-0.05, 0) is 159 Å². The summed E-state index contributed by atoms with van der Waals surface area (Å²) in [7, 11) is 4.07. The van der Waals surface area contributed by atoms with Gasteiger partial charge in [-0.15, -0.1) is 0 Å². The average molecular weight is 922 g/mol. The molecule has 6 aromatic carbocycles. The second-order valence-electron chi connectivity index (χ2n) is 16.5. The average Bonchev–Trinajstić information content (AvgIpc) is 3.29. The van der Waals surface area contributed by atoms with Crippen LogP contribution in [0.5, 0.6) is 0 Å². The van der Waals surface area contributed by atoms with E-state index in [4.69, 9.17) is 23.2 Å². The lowest BCUT2D eigenvalue weighted by molar-refractivity contribution is 0.0947. The highest BCUT2D eigenvalue weighted by Gasteiger charge is 2.18. The number of hydrogen-bond donors (Lipinski definition) is 4. The van der Waals surface area contributed by atoms with E-state index in [1.807, 2.05) is 101 Å². The molecule has 0 saturated heterocycles. The van der Waals surface area contributed by atoms with Gasteiger partial charge in [-0.25, -0.2) is 10.9 Å². The summed E-state index contributed by atoms with van der Waals surface area (Å²) in [5.74, 6) is -1.80. The van der Waals surface area contributed by atoms with Crippen LogP contribution in [0.4, 0.5) is 11.4 Å². The number of carbonyl (C=O) groups is 4. The second kappa shape index (κ2) is 21.8. The lowest BCUT2D eigenvalue weighted by Crippen LogP contribution is -2.25. The molecule has 3 heterocycles. The highest BCUT2D eigenvalue weighted by molar-refractivity contribution is 6.31. The molecule has 14 heteroatoms. The van der Waals surface area contributed by atoms with Crippen LogP contribution in [0.3, 0.4) is 0 Å². The van der Waals surface area contributed by atoms with E-state index in [2.05, 4.69) is 41.5 Å². The minimum atomic E-state index is -0.532. The number of hydrogen-bond acceptors (Lipinski definition) is 8. The Kier molecular flexibility index (Phi) is 15.5. The molecular weight excluding hydrogens is 872 g/mol. The molecule has 3 aliphatic rings. The summed E-state index contributed by atoms with van der Waals surface area (Å²) in [6, 6.07) is 36.1. The monoisotopic (exact) mass is 920 g/mol. The molecule has 4 N–H and O–H groups in total. The van der Waals surface area contributed by atoms with E-state index in [0.717, 1.165) is 64.0 Å². The minimum absolute atomic E-state index is 0.168. The molecule has 0 unspecified atom stereocenters. The number of aryl methyl sites for hydroxylation is 2. The van der Waals surface area contributed by atoms with Crippen molar-refractivity contribution < 1.29 is 19.2 Å². The van der Waals surface area contributed by atoms with Gasteiger partial charge < -0.3 is 20.4 Å². The molecule has 0 saturated carbocycles. The Hall–Kier alpha value is -6.96. The van der Waals surface area contributed by atoms with Gasteiger partial charge in [0.25, 0.3) is 23.6 Å². The van der Waals surface area contributed by atoms with Gasteiger partial charge in [0, 0.05) is 34.3 Å². The number of fused-ring (bicyclic) bond motifs is 2. The Morgan fingerprint density at radius 1 is 0.515 bits per heavy atom. The number of carbonyl (C=O) groups excluding carboxylic acids is 4. The quantitative estimate of drug-likeness (QED) is 0.119. The zero-order valence-corrected chi connectivity index (χ0v) is 38.6. The first kappa shape index (κ1) is 47.0. The predicted molar refractivity (Wildman–Crippen MR) is 264 cm³/mol. The summed E-state index contributed by atoms with van der Waals surface area (Å²) < 4.78 is 0. The van der Waals surface area contributed by atoms with Crippen molar-refractivity contribution in [1.29, 1.82) is 0 Å². The number of rotatable bonds is 0. The number of nitrogens with one attached hydrogen (secondary N) is 4. The number of benzene rings is 6. The largest absolute Gasteiger partial charge is 0.321 e. The van der Waals surface area contributed by atoms with Crippen molar-refractivity contribution in [3.63, 3.8) is 0 Å². The van der Waals surface area contributed by atoms with Crippen molar-refractivity contribution in [2.75, 3.05) is 37.8 Å². The molecule has 9 rings (SSSR count). The fraction of sp³-hybridized carbons (Fsp3) is 0.192. The molecule has 6 aromatic rings. The van der Waals surface area contributed by atoms with Gasteiger partial charge in [0.05, 0.1) is 34.9 Å². The van der Waals surface area contributed by atoms with Gasteiger partial charge in [0.2, 0.25) is 0 Å². The van der Waals surface area contributed by atoms with Crippen LogP contribution in [0.2, 0.25) is 10.0 Å². The fourth-order valence-electron chi connectivity index (χ4n) is 7.68. The van der Waals surface area contributed by atoms with E-state index in [1.165, 1.54) is 12.1 Å². The minimum Gasteiger partial charge on any atom is -0.321 e. The van der Waals surface area contributed by atoms with Crippen LogP contribution in [0.1, 0.15) is 92.4 Å². The van der Waals surface area contributed by atoms with Gasteiger partial charge >= 0.3 is 0 Å². The third-order valence-corrected chi connectivity index (χ3v) is 11.7. The first-order chi connectivity index (χ1) is 31.8. The van der Waals surface area contributed by atoms with Crippen LogP contribution < -0.4 is 21.5 Å². The molecule has 0 fully saturated rings.